The van der Waals surface area contributed by atoms with Crippen LogP contribution in [0.4, 0.5) is 5.69 Å². The molecule has 0 aromatic heterocycles. The van der Waals surface area contributed by atoms with Gasteiger partial charge in [-0.2, -0.15) is 0 Å². The van der Waals surface area contributed by atoms with Crippen LogP contribution < -0.4 is 5.32 Å². The first-order chi connectivity index (χ1) is 11.0. The number of rotatable bonds is 3. The average molecular weight is 381 g/mol. The van der Waals surface area contributed by atoms with Gasteiger partial charge in [0.05, 0.1) is 5.92 Å². The first-order valence-electron chi connectivity index (χ1n) is 7.99. The van der Waals surface area contributed by atoms with Crippen LogP contribution in [0.2, 0.25) is 0 Å². The van der Waals surface area contributed by atoms with Crippen LogP contribution in [0, 0.1) is 12.8 Å². The molecule has 0 aliphatic carbocycles. The molecule has 2 heterocycles. The number of hydrogen-bond acceptors (Lipinski definition) is 3. The Hall–Kier alpha value is -1.40. The molecule has 0 spiro atoms. The molecule has 0 bridgehead atoms. The molecule has 2 fully saturated rings. The molecular weight excluding hydrogens is 360 g/mol. The van der Waals surface area contributed by atoms with E-state index in [1.54, 1.807) is 0 Å². The van der Waals surface area contributed by atoms with Crippen molar-refractivity contribution in [3.8, 4) is 0 Å². The molecule has 1 unspecified atom stereocenters. The number of anilines is 1. The third-order valence-electron chi connectivity index (χ3n) is 4.61. The van der Waals surface area contributed by atoms with Crippen LogP contribution in [-0.4, -0.2) is 42.5 Å². The van der Waals surface area contributed by atoms with Crippen molar-refractivity contribution in [3.63, 3.8) is 0 Å². The highest BCUT2D eigenvalue weighted by Gasteiger charge is 2.38. The molecule has 2 aliphatic rings. The van der Waals surface area contributed by atoms with Gasteiger partial charge in [-0.25, -0.2) is 0 Å². The summed E-state index contributed by atoms with van der Waals surface area (Å²) in [6.07, 6.45) is 2.04. The summed E-state index contributed by atoms with van der Waals surface area (Å²) in [7, 11) is 0. The van der Waals surface area contributed by atoms with E-state index in [4.69, 9.17) is 4.74 Å². The third kappa shape index (κ3) is 3.75. The van der Waals surface area contributed by atoms with Crippen LogP contribution in [0.5, 0.6) is 0 Å². The average Bonchev–Trinajstić information content (AvgIpc) is 2.93. The minimum atomic E-state index is -0.270. The Kier molecular flexibility index (Phi) is 5.02. The van der Waals surface area contributed by atoms with Gasteiger partial charge in [0.1, 0.15) is 0 Å². The van der Waals surface area contributed by atoms with Gasteiger partial charge in [-0.1, -0.05) is 15.9 Å². The smallest absolute Gasteiger partial charge is 0.229 e. The van der Waals surface area contributed by atoms with Crippen LogP contribution in [0.1, 0.15) is 24.8 Å². The van der Waals surface area contributed by atoms with Gasteiger partial charge in [-0.15, -0.1) is 0 Å². The van der Waals surface area contributed by atoms with Gasteiger partial charge in [-0.3, -0.25) is 9.59 Å². The minimum Gasteiger partial charge on any atom is -0.381 e. The number of amides is 2. The Morgan fingerprint density at radius 1 is 1.35 bits per heavy atom. The van der Waals surface area contributed by atoms with Crippen molar-refractivity contribution in [1.82, 2.24) is 4.90 Å². The SMILES string of the molecule is Cc1cc(Br)ccc1NC(=O)C1CC(=O)N(C2CCOCC2)C1. The second kappa shape index (κ2) is 7.01. The molecule has 2 amide bonds. The molecular formula is C17H21BrN2O3. The molecule has 0 saturated carbocycles. The highest BCUT2D eigenvalue weighted by molar-refractivity contribution is 9.10. The quantitative estimate of drug-likeness (QED) is 0.876. The van der Waals surface area contributed by atoms with Gasteiger partial charge in [-0.05, 0) is 43.5 Å². The zero-order chi connectivity index (χ0) is 16.4. The van der Waals surface area contributed by atoms with E-state index in [0.29, 0.717) is 26.2 Å². The first-order valence-corrected chi connectivity index (χ1v) is 8.78. The molecule has 6 heteroatoms. The van der Waals surface area contributed by atoms with Gasteiger partial charge >= 0.3 is 0 Å². The lowest BCUT2D eigenvalue weighted by Crippen LogP contribution is -2.41. The molecule has 1 atom stereocenters. The van der Waals surface area contributed by atoms with Gasteiger partial charge in [0.15, 0.2) is 0 Å². The molecule has 1 N–H and O–H groups in total. The number of nitrogens with one attached hydrogen (secondary N) is 1. The van der Waals surface area contributed by atoms with Crippen molar-refractivity contribution in [2.75, 3.05) is 25.1 Å². The normalized spacial score (nSPS) is 22.4. The summed E-state index contributed by atoms with van der Waals surface area (Å²) in [5.41, 5.74) is 1.80. The lowest BCUT2D eigenvalue weighted by molar-refractivity contribution is -0.131. The maximum atomic E-state index is 12.5. The summed E-state index contributed by atoms with van der Waals surface area (Å²) >= 11 is 3.41. The number of hydrogen-bond donors (Lipinski definition) is 1. The summed E-state index contributed by atoms with van der Waals surface area (Å²) in [5, 5.41) is 2.96. The summed E-state index contributed by atoms with van der Waals surface area (Å²) in [6, 6.07) is 5.97. The Morgan fingerprint density at radius 3 is 2.78 bits per heavy atom. The third-order valence-corrected chi connectivity index (χ3v) is 5.10. The van der Waals surface area contributed by atoms with Gasteiger partial charge in [0.25, 0.3) is 0 Å². The standard InChI is InChI=1S/C17H21BrN2O3/c1-11-8-13(18)2-3-15(11)19-17(22)12-9-16(21)20(10-12)14-4-6-23-7-5-14/h2-3,8,12,14H,4-7,9-10H2,1H3,(H,19,22). The van der Waals surface area contributed by atoms with Crippen molar-refractivity contribution in [3.05, 3.63) is 28.2 Å². The summed E-state index contributed by atoms with van der Waals surface area (Å²) in [4.78, 5) is 26.6. The number of carbonyl (C=O) groups excluding carboxylic acids is 2. The number of nitrogens with zero attached hydrogens (tertiary/aromatic N) is 1. The molecule has 2 saturated heterocycles. The number of benzene rings is 1. The van der Waals surface area contributed by atoms with Crippen LogP contribution in [0.3, 0.4) is 0 Å². The van der Waals surface area contributed by atoms with E-state index in [1.165, 1.54) is 0 Å². The van der Waals surface area contributed by atoms with Crippen molar-refractivity contribution < 1.29 is 14.3 Å². The highest BCUT2D eigenvalue weighted by Crippen LogP contribution is 2.27. The van der Waals surface area contributed by atoms with Crippen molar-refractivity contribution >= 4 is 33.4 Å². The van der Waals surface area contributed by atoms with E-state index in [9.17, 15) is 9.59 Å². The minimum absolute atomic E-state index is 0.0710. The largest absolute Gasteiger partial charge is 0.381 e. The summed E-state index contributed by atoms with van der Waals surface area (Å²) in [5.74, 6) is -0.253. The van der Waals surface area contributed by atoms with E-state index in [2.05, 4.69) is 21.2 Å². The lowest BCUT2D eigenvalue weighted by Gasteiger charge is -2.31. The zero-order valence-corrected chi connectivity index (χ0v) is 14.8. The fourth-order valence-corrected chi connectivity index (χ4v) is 3.73. The monoisotopic (exact) mass is 380 g/mol. The highest BCUT2D eigenvalue weighted by atomic mass is 79.9. The number of halogens is 1. The van der Waals surface area contributed by atoms with E-state index < -0.39 is 0 Å². The molecule has 23 heavy (non-hydrogen) atoms. The Morgan fingerprint density at radius 2 is 2.09 bits per heavy atom. The fraction of sp³-hybridized carbons (Fsp3) is 0.529. The topological polar surface area (TPSA) is 58.6 Å². The zero-order valence-electron chi connectivity index (χ0n) is 13.2. The van der Waals surface area contributed by atoms with E-state index >= 15 is 0 Å². The predicted molar refractivity (Wildman–Crippen MR) is 91.2 cm³/mol. The molecule has 2 aliphatic heterocycles. The Bertz CT molecular complexity index is 614. The van der Waals surface area contributed by atoms with Crippen molar-refractivity contribution in [2.24, 2.45) is 5.92 Å². The number of aryl methyl sites for hydroxylation is 1. The van der Waals surface area contributed by atoms with Crippen LogP contribution in [0.15, 0.2) is 22.7 Å². The molecule has 1 aromatic rings. The first kappa shape index (κ1) is 16.5. The lowest BCUT2D eigenvalue weighted by atomic mass is 10.1. The number of ether oxygens (including phenoxy) is 1. The molecule has 0 radical (unpaired) electrons. The van der Waals surface area contributed by atoms with Gasteiger partial charge in [0, 0.05) is 42.4 Å². The van der Waals surface area contributed by atoms with E-state index in [0.717, 1.165) is 28.6 Å². The van der Waals surface area contributed by atoms with Crippen molar-refractivity contribution in [1.29, 1.82) is 0 Å². The van der Waals surface area contributed by atoms with Gasteiger partial charge < -0.3 is 15.0 Å². The van der Waals surface area contributed by atoms with Crippen LogP contribution in [0.25, 0.3) is 0 Å². The number of carbonyl (C=O) groups is 2. The Balaban J connectivity index is 1.63. The molecule has 124 valence electrons. The summed E-state index contributed by atoms with van der Waals surface area (Å²) in [6.45, 7) is 3.87. The van der Waals surface area contributed by atoms with E-state index in [1.807, 2.05) is 30.0 Å². The Labute approximate surface area is 144 Å². The second-order valence-corrected chi connectivity index (χ2v) is 7.15. The van der Waals surface area contributed by atoms with Gasteiger partial charge in [0.2, 0.25) is 11.8 Å². The van der Waals surface area contributed by atoms with E-state index in [-0.39, 0.29) is 23.8 Å². The van der Waals surface area contributed by atoms with Crippen LogP contribution in [-0.2, 0) is 14.3 Å². The molecule has 5 nitrogen and oxygen atoms in total. The second-order valence-electron chi connectivity index (χ2n) is 6.24. The van der Waals surface area contributed by atoms with Crippen LogP contribution >= 0.6 is 15.9 Å². The summed E-state index contributed by atoms with van der Waals surface area (Å²) < 4.78 is 6.33. The molecule has 3 rings (SSSR count). The number of likely N-dealkylation sites (tertiary alicyclic amines) is 1. The maximum Gasteiger partial charge on any atom is 0.229 e. The molecule has 1 aromatic carbocycles. The fourth-order valence-electron chi connectivity index (χ4n) is 3.26. The predicted octanol–water partition coefficient (Wildman–Crippen LogP) is 2.72. The van der Waals surface area contributed by atoms with Crippen molar-refractivity contribution in [2.45, 2.75) is 32.2 Å². The maximum absolute atomic E-state index is 12.5.